The molecule has 0 aliphatic carbocycles. The van der Waals surface area contributed by atoms with E-state index in [4.69, 9.17) is 11.6 Å². The van der Waals surface area contributed by atoms with Crippen molar-refractivity contribution in [1.29, 1.82) is 0 Å². The van der Waals surface area contributed by atoms with Gasteiger partial charge in [0.2, 0.25) is 0 Å². The van der Waals surface area contributed by atoms with Crippen LogP contribution in [-0.4, -0.2) is 34.0 Å². The molecule has 1 unspecified atom stereocenters. The maximum absolute atomic E-state index is 12.7. The maximum atomic E-state index is 12.7. The quantitative estimate of drug-likeness (QED) is 0.924. The first-order valence-corrected chi connectivity index (χ1v) is 7.98. The van der Waals surface area contributed by atoms with Crippen LogP contribution in [0.4, 0.5) is 0 Å². The highest BCUT2D eigenvalue weighted by Gasteiger charge is 2.49. The van der Waals surface area contributed by atoms with Gasteiger partial charge in [0.15, 0.2) is 0 Å². The summed E-state index contributed by atoms with van der Waals surface area (Å²) in [5.41, 5.74) is -0.205. The Labute approximate surface area is 127 Å². The molecular weight excluding hydrogens is 298 g/mol. The summed E-state index contributed by atoms with van der Waals surface area (Å²) >= 11 is 7.43. The van der Waals surface area contributed by atoms with Crippen LogP contribution in [0.5, 0.6) is 0 Å². The number of aliphatic carboxylic acids is 1. The van der Waals surface area contributed by atoms with E-state index in [1.165, 1.54) is 16.2 Å². The zero-order valence-corrected chi connectivity index (χ0v) is 13.2. The number of carboxylic acids is 1. The van der Waals surface area contributed by atoms with E-state index in [0.717, 1.165) is 18.4 Å². The van der Waals surface area contributed by atoms with E-state index in [-0.39, 0.29) is 5.91 Å². The van der Waals surface area contributed by atoms with Crippen LogP contribution >= 0.6 is 22.9 Å². The SMILES string of the molecule is CCCC1(C(=O)O)CCCN1C(=O)c1scc(C)c1Cl. The number of hydrogen-bond acceptors (Lipinski definition) is 3. The van der Waals surface area contributed by atoms with Crippen LogP contribution in [-0.2, 0) is 4.79 Å². The van der Waals surface area contributed by atoms with Crippen molar-refractivity contribution in [2.24, 2.45) is 0 Å². The Hall–Kier alpha value is -1.07. The topological polar surface area (TPSA) is 57.6 Å². The zero-order valence-electron chi connectivity index (χ0n) is 11.6. The van der Waals surface area contributed by atoms with Gasteiger partial charge in [-0.3, -0.25) is 4.79 Å². The first-order valence-electron chi connectivity index (χ1n) is 6.73. The van der Waals surface area contributed by atoms with Crippen molar-refractivity contribution in [2.45, 2.75) is 45.1 Å². The van der Waals surface area contributed by atoms with Gasteiger partial charge < -0.3 is 10.0 Å². The van der Waals surface area contributed by atoms with E-state index in [1.807, 2.05) is 19.2 Å². The van der Waals surface area contributed by atoms with E-state index in [0.29, 0.717) is 29.3 Å². The Morgan fingerprint density at radius 1 is 1.55 bits per heavy atom. The number of aryl methyl sites for hydroxylation is 1. The van der Waals surface area contributed by atoms with Crippen molar-refractivity contribution in [3.05, 3.63) is 20.8 Å². The summed E-state index contributed by atoms with van der Waals surface area (Å²) in [5, 5.41) is 11.9. The summed E-state index contributed by atoms with van der Waals surface area (Å²) in [5.74, 6) is -1.16. The van der Waals surface area contributed by atoms with Crippen LogP contribution in [0.1, 0.15) is 47.8 Å². The summed E-state index contributed by atoms with van der Waals surface area (Å²) in [6.07, 6.45) is 2.45. The number of carboxylic acid groups (broad SMARTS) is 1. The van der Waals surface area contributed by atoms with E-state index >= 15 is 0 Å². The molecule has 1 amide bonds. The standard InChI is InChI=1S/C14H18ClNO3S/c1-3-5-14(13(18)19)6-4-7-16(14)12(17)11-10(15)9(2)8-20-11/h8H,3-7H2,1-2H3,(H,18,19). The predicted molar refractivity (Wildman–Crippen MR) is 79.6 cm³/mol. The largest absolute Gasteiger partial charge is 0.479 e. The molecule has 20 heavy (non-hydrogen) atoms. The monoisotopic (exact) mass is 315 g/mol. The molecule has 6 heteroatoms. The molecule has 1 N–H and O–H groups in total. The fourth-order valence-corrected chi connectivity index (χ4v) is 4.10. The third-order valence-corrected chi connectivity index (χ3v) is 5.57. The van der Waals surface area contributed by atoms with Crippen molar-refractivity contribution in [3.63, 3.8) is 0 Å². The van der Waals surface area contributed by atoms with Crippen molar-refractivity contribution in [2.75, 3.05) is 6.54 Å². The lowest BCUT2D eigenvalue weighted by Gasteiger charge is -2.34. The van der Waals surface area contributed by atoms with Gasteiger partial charge in [0, 0.05) is 6.54 Å². The molecule has 4 nitrogen and oxygen atoms in total. The van der Waals surface area contributed by atoms with Crippen LogP contribution in [0.25, 0.3) is 0 Å². The molecule has 2 heterocycles. The Morgan fingerprint density at radius 2 is 2.25 bits per heavy atom. The minimum absolute atomic E-state index is 0.249. The second kappa shape index (κ2) is 5.74. The van der Waals surface area contributed by atoms with Crippen LogP contribution in [0.15, 0.2) is 5.38 Å². The molecule has 1 aliphatic heterocycles. The number of amides is 1. The number of carbonyl (C=O) groups excluding carboxylic acids is 1. The third kappa shape index (κ3) is 2.33. The normalized spacial score (nSPS) is 22.2. The van der Waals surface area contributed by atoms with Gasteiger partial charge in [0.25, 0.3) is 5.91 Å². The second-order valence-corrected chi connectivity index (χ2v) is 6.47. The Bertz CT molecular complexity index is 543. The van der Waals surface area contributed by atoms with Crippen molar-refractivity contribution < 1.29 is 14.7 Å². The highest BCUT2D eigenvalue weighted by atomic mass is 35.5. The van der Waals surface area contributed by atoms with Gasteiger partial charge in [-0.2, -0.15) is 0 Å². The number of halogens is 1. The number of carbonyl (C=O) groups is 2. The molecule has 1 saturated heterocycles. The van der Waals surface area contributed by atoms with Gasteiger partial charge >= 0.3 is 5.97 Å². The van der Waals surface area contributed by atoms with Gasteiger partial charge in [-0.1, -0.05) is 24.9 Å². The zero-order chi connectivity index (χ0) is 14.9. The van der Waals surface area contributed by atoms with Gasteiger partial charge in [0.05, 0.1) is 5.02 Å². The van der Waals surface area contributed by atoms with E-state index < -0.39 is 11.5 Å². The highest BCUT2D eigenvalue weighted by Crippen LogP contribution is 2.37. The first-order chi connectivity index (χ1) is 9.44. The van der Waals surface area contributed by atoms with Crippen molar-refractivity contribution >= 4 is 34.8 Å². The fourth-order valence-electron chi connectivity index (χ4n) is 2.87. The Balaban J connectivity index is 2.37. The summed E-state index contributed by atoms with van der Waals surface area (Å²) in [6.45, 7) is 4.27. The molecular formula is C14H18ClNO3S. The van der Waals surface area contributed by atoms with E-state index in [1.54, 1.807) is 0 Å². The lowest BCUT2D eigenvalue weighted by Crippen LogP contribution is -2.52. The number of rotatable bonds is 4. The number of hydrogen-bond donors (Lipinski definition) is 1. The Morgan fingerprint density at radius 3 is 2.75 bits per heavy atom. The molecule has 1 atom stereocenters. The molecule has 1 aliphatic rings. The van der Waals surface area contributed by atoms with Crippen LogP contribution in [0.3, 0.4) is 0 Å². The minimum Gasteiger partial charge on any atom is -0.479 e. The average Bonchev–Trinajstić information content (AvgIpc) is 2.96. The number of nitrogens with zero attached hydrogens (tertiary/aromatic N) is 1. The average molecular weight is 316 g/mol. The first kappa shape index (κ1) is 15.3. The molecule has 1 aromatic rings. The number of thiophene rings is 1. The van der Waals surface area contributed by atoms with Crippen LogP contribution < -0.4 is 0 Å². The summed E-state index contributed by atoms with van der Waals surface area (Å²) in [6, 6.07) is 0. The molecule has 0 spiro atoms. The molecule has 0 bridgehead atoms. The molecule has 1 fully saturated rings. The second-order valence-electron chi connectivity index (χ2n) is 5.21. The van der Waals surface area contributed by atoms with Gasteiger partial charge in [-0.05, 0) is 37.1 Å². The minimum atomic E-state index is -1.06. The third-order valence-electron chi connectivity index (χ3n) is 3.89. The molecule has 0 aromatic carbocycles. The molecule has 1 aromatic heterocycles. The van der Waals surface area contributed by atoms with Crippen molar-refractivity contribution in [3.8, 4) is 0 Å². The summed E-state index contributed by atoms with van der Waals surface area (Å²) < 4.78 is 0. The molecule has 0 saturated carbocycles. The van der Waals surface area contributed by atoms with E-state index in [2.05, 4.69) is 0 Å². The van der Waals surface area contributed by atoms with Crippen molar-refractivity contribution in [1.82, 2.24) is 4.90 Å². The van der Waals surface area contributed by atoms with Gasteiger partial charge in [-0.25, -0.2) is 4.79 Å². The number of likely N-dealkylation sites (tertiary alicyclic amines) is 1. The van der Waals surface area contributed by atoms with Crippen LogP contribution in [0.2, 0.25) is 5.02 Å². The fraction of sp³-hybridized carbons (Fsp3) is 0.571. The lowest BCUT2D eigenvalue weighted by atomic mass is 9.90. The van der Waals surface area contributed by atoms with Gasteiger partial charge in [0.1, 0.15) is 10.4 Å². The van der Waals surface area contributed by atoms with Crippen LogP contribution in [0, 0.1) is 6.92 Å². The summed E-state index contributed by atoms with van der Waals surface area (Å²) in [4.78, 5) is 26.4. The molecule has 110 valence electrons. The van der Waals surface area contributed by atoms with E-state index in [9.17, 15) is 14.7 Å². The highest BCUT2D eigenvalue weighted by molar-refractivity contribution is 7.13. The summed E-state index contributed by atoms with van der Waals surface area (Å²) in [7, 11) is 0. The maximum Gasteiger partial charge on any atom is 0.329 e. The Kier molecular flexibility index (Phi) is 4.39. The molecule has 2 rings (SSSR count). The van der Waals surface area contributed by atoms with Gasteiger partial charge in [-0.15, -0.1) is 11.3 Å². The lowest BCUT2D eigenvalue weighted by molar-refractivity contribution is -0.148. The predicted octanol–water partition coefficient (Wildman–Crippen LogP) is 3.57. The smallest absolute Gasteiger partial charge is 0.329 e. The molecule has 0 radical (unpaired) electrons.